The Balaban J connectivity index is 1.95. The van der Waals surface area contributed by atoms with Crippen LogP contribution in [0.3, 0.4) is 0 Å². The molecule has 0 aliphatic carbocycles. The molecule has 0 amide bonds. The van der Waals surface area contributed by atoms with Gasteiger partial charge in [-0.3, -0.25) is 0 Å². The molecule has 1 aromatic carbocycles. The number of rotatable bonds is 3. The third-order valence-electron chi connectivity index (χ3n) is 3.35. The number of hydrogen-bond acceptors (Lipinski definition) is 3. The van der Waals surface area contributed by atoms with Crippen molar-refractivity contribution in [2.75, 3.05) is 13.7 Å². The molecule has 2 nitrogen and oxygen atoms in total. The zero-order valence-corrected chi connectivity index (χ0v) is 11.6. The molecule has 3 rings (SSSR count). The highest BCUT2D eigenvalue weighted by Gasteiger charge is 2.32. The van der Waals surface area contributed by atoms with E-state index in [-0.39, 0.29) is 6.04 Å². The first-order valence-corrected chi connectivity index (χ1v) is 7.13. The maximum Gasteiger partial charge on any atom is 0.122 e. The van der Waals surface area contributed by atoms with Crippen LogP contribution in [0.4, 0.5) is 0 Å². The summed E-state index contributed by atoms with van der Waals surface area (Å²) in [6.07, 6.45) is 0. The molecule has 0 saturated heterocycles. The highest BCUT2D eigenvalue weighted by molar-refractivity contribution is 7.16. The van der Waals surface area contributed by atoms with Crippen LogP contribution in [0.5, 0.6) is 5.75 Å². The Morgan fingerprint density at radius 2 is 2.17 bits per heavy atom. The number of para-hydroxylation sites is 1. The summed E-state index contributed by atoms with van der Waals surface area (Å²) in [6, 6.07) is 12.6. The first-order chi connectivity index (χ1) is 8.79. The van der Waals surface area contributed by atoms with E-state index in [1.54, 1.807) is 11.3 Å². The van der Waals surface area contributed by atoms with Crippen LogP contribution in [0.1, 0.15) is 22.4 Å². The average Bonchev–Trinajstić information content (AvgIpc) is 2.98. The lowest BCUT2D eigenvalue weighted by Crippen LogP contribution is -2.24. The van der Waals surface area contributed by atoms with E-state index in [0.29, 0.717) is 5.92 Å². The highest BCUT2D eigenvalue weighted by Crippen LogP contribution is 2.42. The maximum atomic E-state index is 6.03. The van der Waals surface area contributed by atoms with Gasteiger partial charge in [0.05, 0.1) is 17.0 Å². The molecule has 0 fully saturated rings. The number of thiophene rings is 1. The number of likely N-dealkylation sites (N-methyl/N-ethyl adjacent to an activating group) is 1. The molecule has 1 N–H and O–H groups in total. The van der Waals surface area contributed by atoms with Gasteiger partial charge in [0, 0.05) is 16.4 Å². The third-order valence-corrected chi connectivity index (χ3v) is 4.67. The molecule has 0 radical (unpaired) electrons. The molecule has 0 saturated carbocycles. The lowest BCUT2D eigenvalue weighted by Gasteiger charge is -2.21. The van der Waals surface area contributed by atoms with E-state index in [2.05, 4.69) is 23.5 Å². The number of halogens is 1. The lowest BCUT2D eigenvalue weighted by molar-refractivity contribution is 0.305. The first-order valence-electron chi connectivity index (χ1n) is 5.94. The average molecular weight is 280 g/mol. The number of nitrogens with one attached hydrogen (secondary N) is 1. The van der Waals surface area contributed by atoms with Crippen molar-refractivity contribution in [3.8, 4) is 5.75 Å². The summed E-state index contributed by atoms with van der Waals surface area (Å²) < 4.78 is 6.58. The lowest BCUT2D eigenvalue weighted by atomic mass is 9.92. The summed E-state index contributed by atoms with van der Waals surface area (Å²) in [5.74, 6) is 1.35. The molecule has 2 unspecified atom stereocenters. The van der Waals surface area contributed by atoms with E-state index in [1.165, 1.54) is 10.4 Å². The van der Waals surface area contributed by atoms with Crippen LogP contribution in [-0.4, -0.2) is 13.7 Å². The first kappa shape index (κ1) is 12.0. The second-order valence-electron chi connectivity index (χ2n) is 4.36. The summed E-state index contributed by atoms with van der Waals surface area (Å²) >= 11 is 7.66. The van der Waals surface area contributed by atoms with E-state index in [4.69, 9.17) is 16.3 Å². The summed E-state index contributed by atoms with van der Waals surface area (Å²) in [5, 5.41) is 3.39. The second kappa shape index (κ2) is 4.92. The Labute approximate surface area is 116 Å². The van der Waals surface area contributed by atoms with Crippen molar-refractivity contribution in [1.82, 2.24) is 5.32 Å². The fourth-order valence-corrected chi connectivity index (χ4v) is 3.74. The van der Waals surface area contributed by atoms with Gasteiger partial charge in [-0.05, 0) is 25.2 Å². The van der Waals surface area contributed by atoms with Gasteiger partial charge in [0.15, 0.2) is 0 Å². The van der Waals surface area contributed by atoms with Gasteiger partial charge in [-0.25, -0.2) is 0 Å². The molecule has 1 aromatic heterocycles. The van der Waals surface area contributed by atoms with Gasteiger partial charge < -0.3 is 10.1 Å². The molecular formula is C14H14ClNOS. The Morgan fingerprint density at radius 3 is 2.89 bits per heavy atom. The zero-order valence-electron chi connectivity index (χ0n) is 10.0. The summed E-state index contributed by atoms with van der Waals surface area (Å²) in [7, 11) is 1.99. The van der Waals surface area contributed by atoms with Gasteiger partial charge in [0.2, 0.25) is 0 Å². The number of hydrogen-bond donors (Lipinski definition) is 1. The molecular weight excluding hydrogens is 266 g/mol. The summed E-state index contributed by atoms with van der Waals surface area (Å²) in [5.41, 5.74) is 1.28. The van der Waals surface area contributed by atoms with E-state index in [1.807, 2.05) is 25.2 Å². The van der Waals surface area contributed by atoms with E-state index in [9.17, 15) is 0 Å². The van der Waals surface area contributed by atoms with Gasteiger partial charge in [-0.2, -0.15) is 0 Å². The quantitative estimate of drug-likeness (QED) is 0.922. The molecule has 94 valence electrons. The van der Waals surface area contributed by atoms with Gasteiger partial charge in [0.1, 0.15) is 5.75 Å². The molecule has 2 aromatic rings. The normalized spacial score (nSPS) is 19.3. The highest BCUT2D eigenvalue weighted by atomic mass is 35.5. The van der Waals surface area contributed by atoms with Crippen molar-refractivity contribution in [3.05, 3.63) is 51.2 Å². The fraction of sp³-hybridized carbons (Fsp3) is 0.286. The largest absolute Gasteiger partial charge is 0.493 e. The van der Waals surface area contributed by atoms with Crippen LogP contribution in [0.2, 0.25) is 4.34 Å². The minimum atomic E-state index is 0.256. The standard InChI is InChI=1S/C14H14ClNOS/c1-16-14(12-6-7-13(15)18-12)10-8-17-11-5-3-2-4-9(10)11/h2-7,10,14,16H,8H2,1H3. The Bertz CT molecular complexity index is 554. The Hall–Kier alpha value is -1.03. The SMILES string of the molecule is CNC(c1ccc(Cl)s1)C1COc2ccccc21. The van der Waals surface area contributed by atoms with E-state index in [0.717, 1.165) is 16.7 Å². The van der Waals surface area contributed by atoms with Gasteiger partial charge >= 0.3 is 0 Å². The van der Waals surface area contributed by atoms with Gasteiger partial charge in [0.25, 0.3) is 0 Å². The van der Waals surface area contributed by atoms with E-state index < -0.39 is 0 Å². The van der Waals surface area contributed by atoms with Crippen LogP contribution in [0.15, 0.2) is 36.4 Å². The Kier molecular flexibility index (Phi) is 3.29. The van der Waals surface area contributed by atoms with E-state index >= 15 is 0 Å². The minimum absolute atomic E-state index is 0.256. The molecule has 1 aliphatic rings. The maximum absolute atomic E-state index is 6.03. The molecule has 2 heterocycles. The van der Waals surface area contributed by atoms with Crippen molar-refractivity contribution in [2.45, 2.75) is 12.0 Å². The smallest absolute Gasteiger partial charge is 0.122 e. The fourth-order valence-electron chi connectivity index (χ4n) is 2.50. The van der Waals surface area contributed by atoms with Crippen LogP contribution < -0.4 is 10.1 Å². The molecule has 2 atom stereocenters. The van der Waals surface area contributed by atoms with Gasteiger partial charge in [-0.1, -0.05) is 29.8 Å². The van der Waals surface area contributed by atoms with Crippen molar-refractivity contribution >= 4 is 22.9 Å². The van der Waals surface area contributed by atoms with Crippen molar-refractivity contribution in [3.63, 3.8) is 0 Å². The topological polar surface area (TPSA) is 21.3 Å². The zero-order chi connectivity index (χ0) is 12.5. The van der Waals surface area contributed by atoms with Crippen molar-refractivity contribution in [2.24, 2.45) is 0 Å². The predicted octanol–water partition coefficient (Wildman–Crippen LogP) is 3.84. The number of benzene rings is 1. The van der Waals surface area contributed by atoms with Crippen molar-refractivity contribution in [1.29, 1.82) is 0 Å². The monoisotopic (exact) mass is 279 g/mol. The molecule has 0 spiro atoms. The van der Waals surface area contributed by atoms with Crippen LogP contribution in [0.25, 0.3) is 0 Å². The van der Waals surface area contributed by atoms with Crippen LogP contribution in [-0.2, 0) is 0 Å². The van der Waals surface area contributed by atoms with Gasteiger partial charge in [-0.15, -0.1) is 11.3 Å². The molecule has 18 heavy (non-hydrogen) atoms. The minimum Gasteiger partial charge on any atom is -0.493 e. The molecule has 1 aliphatic heterocycles. The molecule has 0 bridgehead atoms. The number of ether oxygens (including phenoxy) is 1. The second-order valence-corrected chi connectivity index (χ2v) is 6.11. The summed E-state index contributed by atoms with van der Waals surface area (Å²) in [4.78, 5) is 1.26. The Morgan fingerprint density at radius 1 is 1.33 bits per heavy atom. The number of fused-ring (bicyclic) bond motifs is 1. The van der Waals surface area contributed by atoms with Crippen molar-refractivity contribution < 1.29 is 4.74 Å². The molecule has 4 heteroatoms. The third kappa shape index (κ3) is 2.03. The van der Waals surface area contributed by atoms with Crippen LogP contribution >= 0.6 is 22.9 Å². The van der Waals surface area contributed by atoms with Crippen LogP contribution in [0, 0.1) is 0 Å². The predicted molar refractivity (Wildman–Crippen MR) is 75.8 cm³/mol. The summed E-state index contributed by atoms with van der Waals surface area (Å²) in [6.45, 7) is 0.723.